The summed E-state index contributed by atoms with van der Waals surface area (Å²) in [7, 11) is 1.45. The van der Waals surface area contributed by atoms with Crippen LogP contribution in [0.2, 0.25) is 0 Å². The largest absolute Gasteiger partial charge is 0.493 e. The maximum Gasteiger partial charge on any atom is 0.273 e. The van der Waals surface area contributed by atoms with Crippen LogP contribution in [0.15, 0.2) is 70.2 Å². The first kappa shape index (κ1) is 26.4. The van der Waals surface area contributed by atoms with Gasteiger partial charge in [0, 0.05) is 17.3 Å². The minimum absolute atomic E-state index is 0.131. The molecule has 0 aliphatic rings. The first-order valence-corrected chi connectivity index (χ1v) is 11.5. The SMILES string of the molecule is COc1cc(/C=N/NC(=O)Cc2ccccc2[N+](=O)[O-])cc(Br)c1OCC(=O)Nc1ccc(C)cc1. The second kappa shape index (κ2) is 12.5. The maximum absolute atomic E-state index is 12.3. The lowest BCUT2D eigenvalue weighted by atomic mass is 10.1. The molecular weight excluding hydrogens is 532 g/mol. The number of carbonyl (C=O) groups is 2. The third kappa shape index (κ3) is 7.37. The molecule has 0 spiro atoms. The Morgan fingerprint density at radius 1 is 1.11 bits per heavy atom. The van der Waals surface area contributed by atoms with Crippen molar-refractivity contribution in [2.45, 2.75) is 13.3 Å². The van der Waals surface area contributed by atoms with Crippen molar-refractivity contribution in [3.63, 3.8) is 0 Å². The fourth-order valence-corrected chi connectivity index (χ4v) is 3.73. The number of nitrogens with zero attached hydrogens (tertiary/aromatic N) is 2. The first-order valence-electron chi connectivity index (χ1n) is 10.7. The second-order valence-electron chi connectivity index (χ2n) is 7.59. The fourth-order valence-electron chi connectivity index (χ4n) is 3.16. The number of carbonyl (C=O) groups excluding carboxylic acids is 2. The fraction of sp³-hybridized carbons (Fsp3) is 0.160. The van der Waals surface area contributed by atoms with Gasteiger partial charge in [0.1, 0.15) is 0 Å². The number of hydrazone groups is 1. The minimum Gasteiger partial charge on any atom is -0.493 e. The number of anilines is 1. The van der Waals surface area contributed by atoms with E-state index in [-0.39, 0.29) is 30.2 Å². The number of nitro benzene ring substituents is 1. The molecule has 3 aromatic rings. The molecule has 186 valence electrons. The van der Waals surface area contributed by atoms with E-state index < -0.39 is 10.8 Å². The summed E-state index contributed by atoms with van der Waals surface area (Å²) in [5.74, 6) is -0.166. The van der Waals surface area contributed by atoms with E-state index in [2.05, 4.69) is 31.8 Å². The molecule has 0 bridgehead atoms. The highest BCUT2D eigenvalue weighted by Crippen LogP contribution is 2.36. The predicted octanol–water partition coefficient (Wildman–Crippen LogP) is 4.38. The Labute approximate surface area is 215 Å². The van der Waals surface area contributed by atoms with Crippen molar-refractivity contribution >= 4 is 45.3 Å². The van der Waals surface area contributed by atoms with Gasteiger partial charge in [0.05, 0.1) is 29.1 Å². The average molecular weight is 555 g/mol. The van der Waals surface area contributed by atoms with Crippen LogP contribution in [-0.4, -0.2) is 36.7 Å². The van der Waals surface area contributed by atoms with Crippen LogP contribution in [0.25, 0.3) is 0 Å². The lowest BCUT2D eigenvalue weighted by molar-refractivity contribution is -0.385. The lowest BCUT2D eigenvalue weighted by Crippen LogP contribution is -2.20. The zero-order chi connectivity index (χ0) is 26.1. The molecule has 3 aromatic carbocycles. The smallest absolute Gasteiger partial charge is 0.273 e. The monoisotopic (exact) mass is 554 g/mol. The number of hydrogen-bond acceptors (Lipinski definition) is 7. The van der Waals surface area contributed by atoms with Gasteiger partial charge in [-0.1, -0.05) is 35.9 Å². The van der Waals surface area contributed by atoms with Gasteiger partial charge < -0.3 is 14.8 Å². The van der Waals surface area contributed by atoms with Crippen LogP contribution in [0.4, 0.5) is 11.4 Å². The van der Waals surface area contributed by atoms with Crippen LogP contribution in [0, 0.1) is 17.0 Å². The predicted molar refractivity (Wildman–Crippen MR) is 139 cm³/mol. The summed E-state index contributed by atoms with van der Waals surface area (Å²) in [4.78, 5) is 35.0. The average Bonchev–Trinajstić information content (AvgIpc) is 2.84. The molecule has 0 heterocycles. The number of nitrogens with one attached hydrogen (secondary N) is 2. The molecule has 2 amide bonds. The number of benzene rings is 3. The summed E-state index contributed by atoms with van der Waals surface area (Å²) in [6, 6.07) is 16.7. The van der Waals surface area contributed by atoms with Gasteiger partial charge in [-0.15, -0.1) is 0 Å². The van der Waals surface area contributed by atoms with Crippen LogP contribution in [-0.2, 0) is 16.0 Å². The summed E-state index contributed by atoms with van der Waals surface area (Å²) in [5.41, 5.74) is 4.82. The molecule has 0 saturated carbocycles. The van der Waals surface area contributed by atoms with Gasteiger partial charge in [-0.3, -0.25) is 19.7 Å². The Morgan fingerprint density at radius 2 is 1.83 bits per heavy atom. The lowest BCUT2D eigenvalue weighted by Gasteiger charge is -2.13. The molecule has 10 nitrogen and oxygen atoms in total. The molecule has 11 heteroatoms. The topological polar surface area (TPSA) is 132 Å². The molecule has 0 atom stereocenters. The molecule has 2 N–H and O–H groups in total. The standard InChI is InChI=1S/C25H23BrN4O6/c1-16-7-9-19(10-8-16)28-24(32)15-36-25-20(26)11-17(12-22(25)35-2)14-27-29-23(31)13-18-5-3-4-6-21(18)30(33)34/h3-12,14H,13,15H2,1-2H3,(H,28,32)(H,29,31)/b27-14+. The van der Waals surface area contributed by atoms with Crippen LogP contribution in [0.3, 0.4) is 0 Å². The summed E-state index contributed by atoms with van der Waals surface area (Å²) in [6.45, 7) is 1.72. The number of aryl methyl sites for hydroxylation is 1. The van der Waals surface area contributed by atoms with Crippen molar-refractivity contribution in [2.75, 3.05) is 19.0 Å². The van der Waals surface area contributed by atoms with Crippen molar-refractivity contribution in [3.8, 4) is 11.5 Å². The van der Waals surface area contributed by atoms with Crippen molar-refractivity contribution in [2.24, 2.45) is 5.10 Å². The normalized spacial score (nSPS) is 10.6. The van der Waals surface area contributed by atoms with E-state index in [0.29, 0.717) is 27.2 Å². The summed E-state index contributed by atoms with van der Waals surface area (Å²) in [5, 5.41) is 17.8. The Kier molecular flexibility index (Phi) is 9.12. The Bertz CT molecular complexity index is 1290. The number of rotatable bonds is 10. The van der Waals surface area contributed by atoms with Crippen LogP contribution in [0.5, 0.6) is 11.5 Å². The van der Waals surface area contributed by atoms with Crippen molar-refractivity contribution in [1.82, 2.24) is 5.43 Å². The molecule has 0 aliphatic carbocycles. The summed E-state index contributed by atoms with van der Waals surface area (Å²) >= 11 is 3.40. The van der Waals surface area contributed by atoms with E-state index in [1.165, 1.54) is 31.5 Å². The highest BCUT2D eigenvalue weighted by atomic mass is 79.9. The zero-order valence-corrected chi connectivity index (χ0v) is 21.1. The summed E-state index contributed by atoms with van der Waals surface area (Å²) < 4.78 is 11.5. The molecule has 0 aliphatic heterocycles. The number of para-hydroxylation sites is 1. The Balaban J connectivity index is 1.60. The van der Waals surface area contributed by atoms with E-state index in [1.54, 1.807) is 30.3 Å². The molecule has 3 rings (SSSR count). The number of amides is 2. The molecule has 0 fully saturated rings. The van der Waals surface area contributed by atoms with Crippen molar-refractivity contribution in [3.05, 3.63) is 91.9 Å². The summed E-state index contributed by atoms with van der Waals surface area (Å²) in [6.07, 6.45) is 1.19. The zero-order valence-electron chi connectivity index (χ0n) is 19.5. The van der Waals surface area contributed by atoms with Crippen LogP contribution >= 0.6 is 15.9 Å². The number of ether oxygens (including phenoxy) is 2. The Morgan fingerprint density at radius 3 is 2.53 bits per heavy atom. The Hall–Kier alpha value is -4.25. The van der Waals surface area contributed by atoms with Gasteiger partial charge in [0.15, 0.2) is 18.1 Å². The van der Waals surface area contributed by atoms with Crippen LogP contribution < -0.4 is 20.2 Å². The molecule has 0 aromatic heterocycles. The van der Waals surface area contributed by atoms with Crippen molar-refractivity contribution < 1.29 is 24.0 Å². The highest BCUT2D eigenvalue weighted by Gasteiger charge is 2.16. The quantitative estimate of drug-likeness (QED) is 0.217. The van der Waals surface area contributed by atoms with Crippen LogP contribution in [0.1, 0.15) is 16.7 Å². The third-order valence-corrected chi connectivity index (χ3v) is 5.47. The molecular formula is C25H23BrN4O6. The molecule has 0 radical (unpaired) electrons. The van der Waals surface area contributed by atoms with Gasteiger partial charge in [-0.25, -0.2) is 5.43 Å². The van der Waals surface area contributed by atoms with Gasteiger partial charge in [-0.2, -0.15) is 5.10 Å². The molecule has 0 saturated heterocycles. The van der Waals surface area contributed by atoms with Gasteiger partial charge in [0.2, 0.25) is 5.91 Å². The van der Waals surface area contributed by atoms with E-state index in [1.807, 2.05) is 19.1 Å². The van der Waals surface area contributed by atoms with Gasteiger partial charge >= 0.3 is 0 Å². The van der Waals surface area contributed by atoms with E-state index in [0.717, 1.165) is 5.56 Å². The minimum atomic E-state index is -0.536. The van der Waals surface area contributed by atoms with Crippen molar-refractivity contribution in [1.29, 1.82) is 0 Å². The molecule has 0 unspecified atom stereocenters. The highest BCUT2D eigenvalue weighted by molar-refractivity contribution is 9.10. The number of halogens is 1. The second-order valence-corrected chi connectivity index (χ2v) is 8.45. The van der Waals surface area contributed by atoms with E-state index in [4.69, 9.17) is 9.47 Å². The van der Waals surface area contributed by atoms with E-state index >= 15 is 0 Å². The van der Waals surface area contributed by atoms with E-state index in [9.17, 15) is 19.7 Å². The molecule has 36 heavy (non-hydrogen) atoms. The third-order valence-electron chi connectivity index (χ3n) is 4.88. The first-order chi connectivity index (χ1) is 17.3. The maximum atomic E-state index is 12.3. The number of methoxy groups -OCH3 is 1. The number of hydrogen-bond donors (Lipinski definition) is 2. The number of nitro groups is 1. The van der Waals surface area contributed by atoms with Gasteiger partial charge in [0.25, 0.3) is 11.6 Å². The van der Waals surface area contributed by atoms with Gasteiger partial charge in [-0.05, 0) is 52.7 Å².